The van der Waals surface area contributed by atoms with Crippen LogP contribution < -0.4 is 10.2 Å². The number of carbonyl (C=O) groups excluding carboxylic acids is 2. The zero-order valence-corrected chi connectivity index (χ0v) is 17.4. The monoisotopic (exact) mass is 398 g/mol. The Morgan fingerprint density at radius 1 is 0.967 bits per heavy atom. The van der Waals surface area contributed by atoms with Crippen LogP contribution in [-0.2, 0) is 17.8 Å². The minimum Gasteiger partial charge on any atom is -0.348 e. The van der Waals surface area contributed by atoms with Gasteiger partial charge in [-0.05, 0) is 65.4 Å². The van der Waals surface area contributed by atoms with Gasteiger partial charge in [-0.1, -0.05) is 49.4 Å². The fourth-order valence-electron chi connectivity index (χ4n) is 3.93. The summed E-state index contributed by atoms with van der Waals surface area (Å²) in [5, 5.41) is 2.99. The van der Waals surface area contributed by atoms with Crippen LogP contribution in [0.1, 0.15) is 40.4 Å². The Hall–Kier alpha value is -3.40. The third-order valence-electron chi connectivity index (χ3n) is 5.76. The molecule has 0 aliphatic carbocycles. The number of anilines is 1. The number of amides is 2. The Labute approximate surface area is 177 Å². The van der Waals surface area contributed by atoms with Crippen LogP contribution in [-0.4, -0.2) is 18.4 Å². The highest BCUT2D eigenvalue weighted by Crippen LogP contribution is 2.32. The van der Waals surface area contributed by atoms with Crippen LogP contribution in [0, 0.1) is 6.92 Å². The van der Waals surface area contributed by atoms with E-state index < -0.39 is 0 Å². The predicted molar refractivity (Wildman–Crippen MR) is 121 cm³/mol. The number of benzene rings is 3. The predicted octanol–water partition coefficient (Wildman–Crippen LogP) is 4.89. The number of fused-ring (bicyclic) bond motifs is 1. The molecule has 30 heavy (non-hydrogen) atoms. The molecule has 0 fully saturated rings. The number of hydrogen-bond acceptors (Lipinski definition) is 2. The zero-order valence-electron chi connectivity index (χ0n) is 17.4. The Morgan fingerprint density at radius 2 is 1.70 bits per heavy atom. The highest BCUT2D eigenvalue weighted by Gasteiger charge is 2.23. The van der Waals surface area contributed by atoms with Gasteiger partial charge in [-0.15, -0.1) is 0 Å². The van der Waals surface area contributed by atoms with Crippen LogP contribution >= 0.6 is 0 Å². The van der Waals surface area contributed by atoms with Crippen molar-refractivity contribution >= 4 is 17.5 Å². The molecule has 1 aliphatic heterocycles. The van der Waals surface area contributed by atoms with Crippen LogP contribution in [0.4, 0.5) is 5.69 Å². The maximum atomic E-state index is 12.5. The third-order valence-corrected chi connectivity index (χ3v) is 5.76. The first-order chi connectivity index (χ1) is 14.6. The van der Waals surface area contributed by atoms with E-state index in [-0.39, 0.29) is 11.8 Å². The molecule has 0 aromatic heterocycles. The fourth-order valence-corrected chi connectivity index (χ4v) is 3.93. The molecule has 3 aromatic rings. The minimum atomic E-state index is -0.0764. The van der Waals surface area contributed by atoms with Crippen molar-refractivity contribution in [2.45, 2.75) is 33.2 Å². The number of nitrogens with one attached hydrogen (secondary N) is 1. The lowest BCUT2D eigenvalue weighted by Crippen LogP contribution is -2.27. The SMILES string of the molecule is CCC(=O)N1CCc2cc(-c3ccc(C(=O)NCc4ccccc4C)cc3)ccc21. The van der Waals surface area contributed by atoms with Crippen LogP contribution in [0.3, 0.4) is 0 Å². The molecular weight excluding hydrogens is 372 g/mol. The second-order valence-electron chi connectivity index (χ2n) is 7.68. The molecule has 0 saturated heterocycles. The molecule has 2 amide bonds. The summed E-state index contributed by atoms with van der Waals surface area (Å²) in [7, 11) is 0. The zero-order chi connectivity index (χ0) is 21.1. The molecule has 4 rings (SSSR count). The summed E-state index contributed by atoms with van der Waals surface area (Å²) in [6.07, 6.45) is 1.41. The van der Waals surface area contributed by atoms with E-state index in [1.54, 1.807) is 0 Å². The van der Waals surface area contributed by atoms with Crippen molar-refractivity contribution < 1.29 is 9.59 Å². The Bertz CT molecular complexity index is 1090. The Morgan fingerprint density at radius 3 is 2.43 bits per heavy atom. The summed E-state index contributed by atoms with van der Waals surface area (Å²) in [6, 6.07) is 22.0. The van der Waals surface area contributed by atoms with E-state index in [9.17, 15) is 9.59 Å². The van der Waals surface area contributed by atoms with E-state index in [0.717, 1.165) is 35.3 Å². The minimum absolute atomic E-state index is 0.0764. The standard InChI is InChI=1S/C26H26N2O2/c1-3-25(29)28-15-14-22-16-21(12-13-24(22)28)19-8-10-20(11-9-19)26(30)27-17-23-7-5-4-6-18(23)2/h4-13,16H,3,14-15,17H2,1-2H3,(H,27,30). The van der Waals surface area contributed by atoms with E-state index in [2.05, 4.69) is 11.4 Å². The molecule has 0 bridgehead atoms. The number of aryl methyl sites for hydroxylation is 1. The maximum absolute atomic E-state index is 12.5. The smallest absolute Gasteiger partial charge is 0.251 e. The molecular formula is C26H26N2O2. The third kappa shape index (κ3) is 3.99. The normalized spacial score (nSPS) is 12.5. The van der Waals surface area contributed by atoms with Gasteiger partial charge in [0, 0.05) is 30.8 Å². The van der Waals surface area contributed by atoms with E-state index in [0.29, 0.717) is 18.5 Å². The van der Waals surface area contributed by atoms with Gasteiger partial charge < -0.3 is 10.2 Å². The van der Waals surface area contributed by atoms with Crippen LogP contribution in [0.15, 0.2) is 66.7 Å². The van der Waals surface area contributed by atoms with Crippen LogP contribution in [0.5, 0.6) is 0 Å². The van der Waals surface area contributed by atoms with Gasteiger partial charge in [-0.2, -0.15) is 0 Å². The molecule has 152 valence electrons. The summed E-state index contributed by atoms with van der Waals surface area (Å²) in [4.78, 5) is 26.5. The van der Waals surface area contributed by atoms with Crippen molar-refractivity contribution in [1.82, 2.24) is 5.32 Å². The van der Waals surface area contributed by atoms with Crippen molar-refractivity contribution in [2.75, 3.05) is 11.4 Å². The second-order valence-corrected chi connectivity index (χ2v) is 7.68. The first-order valence-corrected chi connectivity index (χ1v) is 10.4. The first kappa shape index (κ1) is 19.9. The van der Waals surface area contributed by atoms with E-state index in [4.69, 9.17) is 0 Å². The lowest BCUT2D eigenvalue weighted by Gasteiger charge is -2.16. The molecule has 0 radical (unpaired) electrons. The number of carbonyl (C=O) groups is 2. The lowest BCUT2D eigenvalue weighted by molar-refractivity contribution is -0.118. The molecule has 0 spiro atoms. The summed E-state index contributed by atoms with van der Waals surface area (Å²) in [5.74, 6) is 0.0926. The van der Waals surface area contributed by atoms with Gasteiger partial charge in [0.15, 0.2) is 0 Å². The average Bonchev–Trinajstić information content (AvgIpc) is 3.21. The van der Waals surface area contributed by atoms with Crippen LogP contribution in [0.2, 0.25) is 0 Å². The highest BCUT2D eigenvalue weighted by atomic mass is 16.2. The molecule has 3 aromatic carbocycles. The number of rotatable bonds is 5. The largest absolute Gasteiger partial charge is 0.348 e. The topological polar surface area (TPSA) is 49.4 Å². The van der Waals surface area contributed by atoms with Crippen molar-refractivity contribution in [3.8, 4) is 11.1 Å². The van der Waals surface area contributed by atoms with Crippen LogP contribution in [0.25, 0.3) is 11.1 Å². The number of hydrogen-bond donors (Lipinski definition) is 1. The van der Waals surface area contributed by atoms with E-state index in [1.165, 1.54) is 11.1 Å². The molecule has 1 N–H and O–H groups in total. The van der Waals surface area contributed by atoms with Gasteiger partial charge in [0.1, 0.15) is 0 Å². The molecule has 4 heteroatoms. The van der Waals surface area contributed by atoms with Crippen molar-refractivity contribution in [3.63, 3.8) is 0 Å². The van der Waals surface area contributed by atoms with E-state index >= 15 is 0 Å². The van der Waals surface area contributed by atoms with Crippen molar-refractivity contribution in [1.29, 1.82) is 0 Å². The fraction of sp³-hybridized carbons (Fsp3) is 0.231. The molecule has 0 saturated carbocycles. The molecule has 0 unspecified atom stereocenters. The number of nitrogens with zero attached hydrogens (tertiary/aromatic N) is 1. The van der Waals surface area contributed by atoms with Gasteiger partial charge in [-0.25, -0.2) is 0 Å². The molecule has 0 atom stereocenters. The first-order valence-electron chi connectivity index (χ1n) is 10.4. The Balaban J connectivity index is 1.45. The van der Waals surface area contributed by atoms with E-state index in [1.807, 2.05) is 79.4 Å². The van der Waals surface area contributed by atoms with Gasteiger partial charge in [0.25, 0.3) is 5.91 Å². The van der Waals surface area contributed by atoms with Gasteiger partial charge in [0.05, 0.1) is 0 Å². The lowest BCUT2D eigenvalue weighted by atomic mass is 10.0. The van der Waals surface area contributed by atoms with Gasteiger partial charge in [-0.3, -0.25) is 9.59 Å². The quantitative estimate of drug-likeness (QED) is 0.665. The summed E-state index contributed by atoms with van der Waals surface area (Å²) in [6.45, 7) is 5.22. The van der Waals surface area contributed by atoms with Crippen molar-refractivity contribution in [3.05, 3.63) is 89.0 Å². The summed E-state index contributed by atoms with van der Waals surface area (Å²) >= 11 is 0. The Kier molecular flexibility index (Phi) is 5.66. The average molecular weight is 399 g/mol. The highest BCUT2D eigenvalue weighted by molar-refractivity contribution is 5.96. The summed E-state index contributed by atoms with van der Waals surface area (Å²) in [5.41, 5.74) is 7.33. The van der Waals surface area contributed by atoms with Gasteiger partial charge in [0.2, 0.25) is 5.91 Å². The van der Waals surface area contributed by atoms with Crippen molar-refractivity contribution in [2.24, 2.45) is 0 Å². The molecule has 4 nitrogen and oxygen atoms in total. The molecule has 1 heterocycles. The maximum Gasteiger partial charge on any atom is 0.251 e. The molecule has 1 aliphatic rings. The second kappa shape index (κ2) is 8.54. The van der Waals surface area contributed by atoms with Gasteiger partial charge >= 0.3 is 0 Å². The summed E-state index contributed by atoms with van der Waals surface area (Å²) < 4.78 is 0.